The van der Waals surface area contributed by atoms with Crippen molar-refractivity contribution >= 4 is 23.8 Å². The molecular weight excluding hydrogens is 516 g/mol. The lowest BCUT2D eigenvalue weighted by Crippen LogP contribution is -2.51. The van der Waals surface area contributed by atoms with Gasteiger partial charge >= 0.3 is 12.2 Å². The molecule has 0 saturated heterocycles. The molecule has 8 nitrogen and oxygen atoms in total. The summed E-state index contributed by atoms with van der Waals surface area (Å²) in [6.45, 7) is 14.3. The Morgan fingerprint density at radius 1 is 1.03 bits per heavy atom. The van der Waals surface area contributed by atoms with E-state index in [4.69, 9.17) is 21.1 Å². The largest absolute Gasteiger partial charge is 0.444 e. The lowest BCUT2D eigenvalue weighted by Gasteiger charge is -2.40. The van der Waals surface area contributed by atoms with Gasteiger partial charge in [-0.15, -0.1) is 0 Å². The first-order valence-electron chi connectivity index (χ1n) is 13.6. The first-order valence-corrected chi connectivity index (χ1v) is 14.0. The number of halogens is 1. The van der Waals surface area contributed by atoms with E-state index in [-0.39, 0.29) is 12.1 Å². The monoisotopic (exact) mass is 558 g/mol. The van der Waals surface area contributed by atoms with E-state index in [1.54, 1.807) is 6.20 Å². The normalized spacial score (nSPS) is 15.6. The van der Waals surface area contributed by atoms with E-state index in [0.29, 0.717) is 31.2 Å². The molecule has 2 heterocycles. The highest BCUT2D eigenvalue weighted by Gasteiger charge is 2.34. The van der Waals surface area contributed by atoms with Crippen LogP contribution in [0.4, 0.5) is 9.59 Å². The third kappa shape index (κ3) is 10.7. The Bertz CT molecular complexity index is 1100. The highest BCUT2D eigenvalue weighted by atomic mass is 35.5. The van der Waals surface area contributed by atoms with Crippen molar-refractivity contribution in [3.63, 3.8) is 0 Å². The molecule has 0 bridgehead atoms. The molecule has 0 fully saturated rings. The zero-order chi connectivity index (χ0) is 28.6. The summed E-state index contributed by atoms with van der Waals surface area (Å²) in [5.41, 5.74) is 2.22. The molecular formula is C30H43ClN4O4. The van der Waals surface area contributed by atoms with Crippen molar-refractivity contribution in [1.82, 2.24) is 20.1 Å². The molecule has 1 aliphatic rings. The van der Waals surface area contributed by atoms with Crippen LogP contribution in [0.2, 0.25) is 5.02 Å². The maximum atomic E-state index is 13.3. The summed E-state index contributed by atoms with van der Waals surface area (Å²) in [6.07, 6.45) is 3.36. The van der Waals surface area contributed by atoms with Crippen LogP contribution < -0.4 is 5.32 Å². The predicted molar refractivity (Wildman–Crippen MR) is 154 cm³/mol. The smallest absolute Gasteiger partial charge is 0.410 e. The Morgan fingerprint density at radius 2 is 1.72 bits per heavy atom. The fourth-order valence-corrected chi connectivity index (χ4v) is 4.62. The number of hydrogen-bond acceptors (Lipinski definition) is 6. The van der Waals surface area contributed by atoms with E-state index in [0.717, 1.165) is 37.1 Å². The van der Waals surface area contributed by atoms with Gasteiger partial charge in [-0.3, -0.25) is 14.8 Å². The van der Waals surface area contributed by atoms with E-state index in [1.165, 1.54) is 5.56 Å². The van der Waals surface area contributed by atoms with E-state index >= 15 is 0 Å². The molecule has 1 aromatic carbocycles. The molecule has 39 heavy (non-hydrogen) atoms. The van der Waals surface area contributed by atoms with E-state index < -0.39 is 17.3 Å². The van der Waals surface area contributed by atoms with Crippen LogP contribution in [0.25, 0.3) is 0 Å². The number of nitrogens with one attached hydrogen (secondary N) is 1. The molecule has 0 radical (unpaired) electrons. The van der Waals surface area contributed by atoms with Crippen molar-refractivity contribution in [2.75, 3.05) is 19.6 Å². The predicted octanol–water partition coefficient (Wildman–Crippen LogP) is 6.20. The summed E-state index contributed by atoms with van der Waals surface area (Å²) in [5.74, 6) is 0. The minimum Gasteiger partial charge on any atom is -0.444 e. The van der Waals surface area contributed by atoms with Gasteiger partial charge < -0.3 is 14.8 Å². The van der Waals surface area contributed by atoms with Gasteiger partial charge in [-0.1, -0.05) is 35.9 Å². The van der Waals surface area contributed by atoms with Crippen LogP contribution in [-0.2, 0) is 29.0 Å². The van der Waals surface area contributed by atoms with Crippen LogP contribution in [0.3, 0.4) is 0 Å². The first kappa shape index (κ1) is 30.7. The summed E-state index contributed by atoms with van der Waals surface area (Å²) in [7, 11) is 0. The fraction of sp³-hybridized carbons (Fsp3) is 0.567. The van der Waals surface area contributed by atoms with E-state index in [1.807, 2.05) is 70.7 Å². The summed E-state index contributed by atoms with van der Waals surface area (Å²) in [6, 6.07) is 12.0. The minimum atomic E-state index is -0.577. The number of aromatic nitrogens is 1. The van der Waals surface area contributed by atoms with Crippen LogP contribution in [0.1, 0.15) is 71.2 Å². The molecule has 0 saturated carbocycles. The standard InChI is InChI=1S/C30H43ClN4O4/c1-29(2,3)38-27(36)32-15-9-10-16-34(20-25-14-13-24(31)18-33-25)21-26-17-22-11-7-8-12-23(22)19-35(26)28(37)39-30(4,5)6/h7-8,11-14,18,26H,9-10,15-17,19-21H2,1-6H3,(H,32,36). The van der Waals surface area contributed by atoms with Gasteiger partial charge in [0.05, 0.1) is 16.8 Å². The number of alkyl carbamates (subject to hydrolysis) is 1. The minimum absolute atomic E-state index is 0.0538. The average molecular weight is 559 g/mol. The molecule has 2 aromatic rings. The quantitative estimate of drug-likeness (QED) is 0.369. The second-order valence-electron chi connectivity index (χ2n) is 12.1. The first-order chi connectivity index (χ1) is 18.3. The van der Waals surface area contributed by atoms with Crippen LogP contribution in [0, 0.1) is 0 Å². The molecule has 9 heteroatoms. The molecule has 2 amide bonds. The molecule has 3 rings (SSSR count). The van der Waals surface area contributed by atoms with Crippen molar-refractivity contribution in [2.24, 2.45) is 0 Å². The number of benzene rings is 1. The Kier molecular flexibility index (Phi) is 10.6. The second-order valence-corrected chi connectivity index (χ2v) is 12.5. The summed E-state index contributed by atoms with van der Waals surface area (Å²) in [4.78, 5) is 33.9. The number of carbonyl (C=O) groups excluding carboxylic acids is 2. The van der Waals surface area contributed by atoms with Crippen LogP contribution >= 0.6 is 11.6 Å². The fourth-order valence-electron chi connectivity index (χ4n) is 4.51. The Balaban J connectivity index is 1.70. The number of ether oxygens (including phenoxy) is 2. The molecule has 214 valence electrons. The molecule has 0 aliphatic carbocycles. The molecule has 0 spiro atoms. The SMILES string of the molecule is CC(C)(C)OC(=O)NCCCCN(Cc1ccc(Cl)cn1)CC1Cc2ccccc2CN1C(=O)OC(C)(C)C. The van der Waals surface area contributed by atoms with E-state index in [2.05, 4.69) is 27.3 Å². The van der Waals surface area contributed by atoms with Gasteiger partial charge in [-0.05, 0) is 90.6 Å². The Hall–Kier alpha value is -2.84. The van der Waals surface area contributed by atoms with Gasteiger partial charge in [-0.2, -0.15) is 0 Å². The number of pyridine rings is 1. The van der Waals surface area contributed by atoms with Crippen molar-refractivity contribution in [1.29, 1.82) is 0 Å². The third-order valence-electron chi connectivity index (χ3n) is 6.20. The lowest BCUT2D eigenvalue weighted by atomic mass is 9.94. The molecule has 1 atom stereocenters. The molecule has 1 aromatic heterocycles. The van der Waals surface area contributed by atoms with Crippen LogP contribution in [0.15, 0.2) is 42.6 Å². The average Bonchev–Trinajstić information content (AvgIpc) is 2.82. The topological polar surface area (TPSA) is 84.0 Å². The maximum absolute atomic E-state index is 13.3. The van der Waals surface area contributed by atoms with Crippen molar-refractivity contribution < 1.29 is 19.1 Å². The van der Waals surface area contributed by atoms with Gasteiger partial charge in [-0.25, -0.2) is 9.59 Å². The number of fused-ring (bicyclic) bond motifs is 1. The second kappa shape index (κ2) is 13.5. The third-order valence-corrected chi connectivity index (χ3v) is 6.42. The number of rotatable bonds is 9. The van der Waals surface area contributed by atoms with Crippen molar-refractivity contribution in [3.8, 4) is 0 Å². The number of hydrogen-bond donors (Lipinski definition) is 1. The number of amides is 2. The van der Waals surface area contributed by atoms with Gasteiger partial charge in [0.25, 0.3) is 0 Å². The molecule has 1 N–H and O–H groups in total. The highest BCUT2D eigenvalue weighted by Crippen LogP contribution is 2.26. The number of carbonyl (C=O) groups is 2. The highest BCUT2D eigenvalue weighted by molar-refractivity contribution is 6.30. The van der Waals surface area contributed by atoms with Crippen molar-refractivity contribution in [3.05, 3.63) is 64.4 Å². The number of unbranched alkanes of at least 4 members (excludes halogenated alkanes) is 1. The summed E-state index contributed by atoms with van der Waals surface area (Å²) < 4.78 is 11.1. The van der Waals surface area contributed by atoms with E-state index in [9.17, 15) is 9.59 Å². The van der Waals surface area contributed by atoms with Gasteiger partial charge in [0.2, 0.25) is 0 Å². The number of nitrogens with zero attached hydrogens (tertiary/aromatic N) is 3. The summed E-state index contributed by atoms with van der Waals surface area (Å²) in [5, 5.41) is 3.42. The van der Waals surface area contributed by atoms with Crippen molar-refractivity contribution in [2.45, 2.75) is 91.1 Å². The van der Waals surface area contributed by atoms with Crippen LogP contribution in [0.5, 0.6) is 0 Å². The Morgan fingerprint density at radius 3 is 2.36 bits per heavy atom. The van der Waals surface area contributed by atoms with Gasteiger partial charge in [0.1, 0.15) is 11.2 Å². The maximum Gasteiger partial charge on any atom is 0.410 e. The van der Waals surface area contributed by atoms with Gasteiger partial charge in [0, 0.05) is 32.4 Å². The van der Waals surface area contributed by atoms with Gasteiger partial charge in [0.15, 0.2) is 0 Å². The molecule has 1 aliphatic heterocycles. The zero-order valence-electron chi connectivity index (χ0n) is 24.1. The Labute approximate surface area is 238 Å². The summed E-state index contributed by atoms with van der Waals surface area (Å²) >= 11 is 6.06. The van der Waals surface area contributed by atoms with Crippen LogP contribution in [-0.4, -0.2) is 63.8 Å². The lowest BCUT2D eigenvalue weighted by molar-refractivity contribution is 0.00708. The zero-order valence-corrected chi connectivity index (χ0v) is 24.9. The molecule has 1 unspecified atom stereocenters.